The molecule has 0 aliphatic heterocycles. The van der Waals surface area contributed by atoms with Gasteiger partial charge in [-0.1, -0.05) is 50.2 Å². The molecule has 1 heterocycles. The molecule has 1 atom stereocenters. The van der Waals surface area contributed by atoms with Gasteiger partial charge in [0.25, 0.3) is 0 Å². The van der Waals surface area contributed by atoms with E-state index in [0.717, 1.165) is 11.3 Å². The van der Waals surface area contributed by atoms with Gasteiger partial charge >= 0.3 is 0 Å². The molecule has 1 aromatic carbocycles. The van der Waals surface area contributed by atoms with Gasteiger partial charge in [-0.15, -0.1) is 0 Å². The van der Waals surface area contributed by atoms with Crippen molar-refractivity contribution in [3.05, 3.63) is 52.9 Å². The fourth-order valence-corrected chi connectivity index (χ4v) is 3.10. The quantitative estimate of drug-likeness (QED) is 0.862. The molecule has 0 N–H and O–H groups in total. The molecule has 108 valence electrons. The number of nitrogens with zero attached hydrogens (tertiary/aromatic N) is 1. The summed E-state index contributed by atoms with van der Waals surface area (Å²) >= 11 is 0. The minimum atomic E-state index is -0.970. The lowest BCUT2D eigenvalue weighted by atomic mass is 9.87. The van der Waals surface area contributed by atoms with Crippen molar-refractivity contribution in [2.75, 3.05) is 0 Å². The molecule has 0 radical (unpaired) electrons. The highest BCUT2D eigenvalue weighted by Gasteiger charge is 2.13. The van der Waals surface area contributed by atoms with Gasteiger partial charge < -0.3 is 4.52 Å². The molecule has 0 aliphatic rings. The first kappa shape index (κ1) is 15.0. The van der Waals surface area contributed by atoms with Crippen molar-refractivity contribution < 1.29 is 8.73 Å². The van der Waals surface area contributed by atoms with Gasteiger partial charge in [0.05, 0.1) is 11.4 Å². The van der Waals surface area contributed by atoms with Crippen LogP contribution in [0, 0.1) is 6.92 Å². The Hall–Kier alpha value is -1.42. The maximum Gasteiger partial charge on any atom is 0.149 e. The first-order chi connectivity index (χ1) is 9.34. The number of hydrogen-bond donors (Lipinski definition) is 0. The van der Waals surface area contributed by atoms with E-state index < -0.39 is 10.8 Å². The lowest BCUT2D eigenvalue weighted by Gasteiger charge is -2.19. The van der Waals surface area contributed by atoms with Crippen LogP contribution in [0.5, 0.6) is 0 Å². The Bertz CT molecular complexity index is 594. The molecule has 4 heteroatoms. The minimum absolute atomic E-state index is 0.148. The van der Waals surface area contributed by atoms with E-state index in [1.165, 1.54) is 5.56 Å². The molecule has 1 aromatic heterocycles. The largest absolute Gasteiger partial charge is 0.360 e. The summed E-state index contributed by atoms with van der Waals surface area (Å²) in [6.07, 6.45) is 0. The van der Waals surface area contributed by atoms with E-state index in [0.29, 0.717) is 17.3 Å². The zero-order valence-electron chi connectivity index (χ0n) is 12.5. The third-order valence-corrected chi connectivity index (χ3v) is 4.39. The van der Waals surface area contributed by atoms with Crippen molar-refractivity contribution in [3.63, 3.8) is 0 Å². The highest BCUT2D eigenvalue weighted by atomic mass is 32.2. The first-order valence-electron chi connectivity index (χ1n) is 6.71. The molecule has 2 aromatic rings. The van der Waals surface area contributed by atoms with Crippen LogP contribution in [0.3, 0.4) is 0 Å². The molecular formula is C16H21NO2S. The molecule has 0 aliphatic carbocycles. The van der Waals surface area contributed by atoms with Crippen LogP contribution in [0.25, 0.3) is 0 Å². The Labute approximate surface area is 122 Å². The molecule has 3 nitrogen and oxygen atoms in total. The Balaban J connectivity index is 1.98. The summed E-state index contributed by atoms with van der Waals surface area (Å²) in [6.45, 7) is 8.42. The van der Waals surface area contributed by atoms with E-state index in [1.54, 1.807) is 0 Å². The average Bonchev–Trinajstić information content (AvgIpc) is 2.74. The molecule has 0 fully saturated rings. The van der Waals surface area contributed by atoms with Crippen molar-refractivity contribution >= 4 is 10.8 Å². The third-order valence-electron chi connectivity index (χ3n) is 3.13. The van der Waals surface area contributed by atoms with Crippen molar-refractivity contribution in [2.24, 2.45) is 0 Å². The molecule has 0 spiro atoms. The summed E-state index contributed by atoms with van der Waals surface area (Å²) in [5.74, 6) is 1.65. The fourth-order valence-electron chi connectivity index (χ4n) is 1.98. The predicted molar refractivity (Wildman–Crippen MR) is 81.9 cm³/mol. The number of aryl methyl sites for hydroxylation is 1. The number of aromatic nitrogens is 1. The lowest BCUT2D eigenvalue weighted by molar-refractivity contribution is 0.390. The molecule has 0 amide bonds. The van der Waals surface area contributed by atoms with Crippen LogP contribution in [-0.4, -0.2) is 9.37 Å². The third kappa shape index (κ3) is 4.04. The maximum absolute atomic E-state index is 12.1. The first-order valence-corrected chi connectivity index (χ1v) is 8.20. The summed E-state index contributed by atoms with van der Waals surface area (Å²) in [5.41, 5.74) is 3.35. The van der Waals surface area contributed by atoms with Crippen molar-refractivity contribution in [2.45, 2.75) is 44.6 Å². The second-order valence-electron chi connectivity index (χ2n) is 6.11. The van der Waals surface area contributed by atoms with Crippen LogP contribution in [0.1, 0.15) is 43.4 Å². The Morgan fingerprint density at radius 1 is 1.15 bits per heavy atom. The van der Waals surface area contributed by atoms with E-state index in [2.05, 4.69) is 50.2 Å². The molecule has 0 bridgehead atoms. The molecule has 1 unspecified atom stereocenters. The summed E-state index contributed by atoms with van der Waals surface area (Å²) < 4.78 is 17.2. The van der Waals surface area contributed by atoms with Gasteiger partial charge in [-0.25, -0.2) is 0 Å². The van der Waals surface area contributed by atoms with Gasteiger partial charge in [0, 0.05) is 22.6 Å². The summed E-state index contributed by atoms with van der Waals surface area (Å²) in [7, 11) is -0.970. The highest BCUT2D eigenvalue weighted by Crippen LogP contribution is 2.22. The van der Waals surface area contributed by atoms with Crippen LogP contribution < -0.4 is 0 Å². The van der Waals surface area contributed by atoms with Gasteiger partial charge in [-0.05, 0) is 23.5 Å². The zero-order chi connectivity index (χ0) is 14.8. The second kappa shape index (κ2) is 5.92. The Morgan fingerprint density at radius 3 is 2.30 bits per heavy atom. The predicted octanol–water partition coefficient (Wildman–Crippen LogP) is 3.73. The van der Waals surface area contributed by atoms with Crippen molar-refractivity contribution in [1.82, 2.24) is 5.16 Å². The molecule has 20 heavy (non-hydrogen) atoms. The molecular weight excluding hydrogens is 270 g/mol. The minimum Gasteiger partial charge on any atom is -0.360 e. The van der Waals surface area contributed by atoms with Gasteiger partial charge in [-0.3, -0.25) is 4.21 Å². The topological polar surface area (TPSA) is 43.1 Å². The van der Waals surface area contributed by atoms with Crippen LogP contribution in [0.15, 0.2) is 34.9 Å². The van der Waals surface area contributed by atoms with Crippen LogP contribution in [-0.2, 0) is 27.7 Å². The smallest absolute Gasteiger partial charge is 0.149 e. The van der Waals surface area contributed by atoms with Crippen LogP contribution in [0.4, 0.5) is 0 Å². The average molecular weight is 291 g/mol. The molecule has 2 rings (SSSR count). The van der Waals surface area contributed by atoms with E-state index in [-0.39, 0.29) is 5.41 Å². The fraction of sp³-hybridized carbons (Fsp3) is 0.438. The highest BCUT2D eigenvalue weighted by molar-refractivity contribution is 7.83. The van der Waals surface area contributed by atoms with Gasteiger partial charge in [0.1, 0.15) is 5.76 Å². The number of hydrogen-bond acceptors (Lipinski definition) is 3. The number of benzene rings is 1. The molecule has 0 saturated heterocycles. The monoisotopic (exact) mass is 291 g/mol. The van der Waals surface area contributed by atoms with E-state index in [4.69, 9.17) is 4.52 Å². The van der Waals surface area contributed by atoms with E-state index in [1.807, 2.05) is 13.0 Å². The number of rotatable bonds is 4. The summed E-state index contributed by atoms with van der Waals surface area (Å²) in [5, 5.41) is 3.81. The van der Waals surface area contributed by atoms with E-state index >= 15 is 0 Å². The Kier molecular flexibility index (Phi) is 4.43. The van der Waals surface area contributed by atoms with Crippen LogP contribution in [0.2, 0.25) is 0 Å². The van der Waals surface area contributed by atoms with Crippen molar-refractivity contribution in [1.29, 1.82) is 0 Å². The standard InChI is InChI=1S/C16H21NO2S/c1-12-9-15(19-17-12)11-20(18)10-13-5-7-14(8-6-13)16(2,3)4/h5-9H,10-11H2,1-4H3. The van der Waals surface area contributed by atoms with Gasteiger partial charge in [0.15, 0.2) is 0 Å². The van der Waals surface area contributed by atoms with Crippen LogP contribution >= 0.6 is 0 Å². The van der Waals surface area contributed by atoms with Gasteiger partial charge in [0.2, 0.25) is 0 Å². The zero-order valence-corrected chi connectivity index (χ0v) is 13.3. The van der Waals surface area contributed by atoms with Gasteiger partial charge in [-0.2, -0.15) is 0 Å². The second-order valence-corrected chi connectivity index (χ2v) is 7.57. The normalized spacial score (nSPS) is 13.4. The maximum atomic E-state index is 12.1. The summed E-state index contributed by atoms with van der Waals surface area (Å²) in [4.78, 5) is 0. The summed E-state index contributed by atoms with van der Waals surface area (Å²) in [6, 6.07) is 10.2. The lowest BCUT2D eigenvalue weighted by Crippen LogP contribution is -2.10. The van der Waals surface area contributed by atoms with Crippen molar-refractivity contribution in [3.8, 4) is 0 Å². The Morgan fingerprint density at radius 2 is 1.80 bits per heavy atom. The SMILES string of the molecule is Cc1cc(CS(=O)Cc2ccc(C(C)(C)C)cc2)on1. The van der Waals surface area contributed by atoms with E-state index in [9.17, 15) is 4.21 Å². The molecule has 0 saturated carbocycles.